The molecule has 43 heavy (non-hydrogen) atoms. The van der Waals surface area contributed by atoms with E-state index in [-0.39, 0.29) is 33.9 Å². The summed E-state index contributed by atoms with van der Waals surface area (Å²) in [5.74, 6) is -13.5. The van der Waals surface area contributed by atoms with Crippen molar-refractivity contribution in [2.45, 2.75) is 64.7 Å². The highest BCUT2D eigenvalue weighted by Crippen LogP contribution is 2.42. The van der Waals surface area contributed by atoms with Crippen LogP contribution in [0.5, 0.6) is 5.75 Å². The molecule has 13 nitrogen and oxygen atoms in total. The van der Waals surface area contributed by atoms with Crippen molar-refractivity contribution in [2.75, 3.05) is 26.3 Å². The van der Waals surface area contributed by atoms with Crippen molar-refractivity contribution in [1.82, 2.24) is 15.1 Å². The Morgan fingerprint density at radius 2 is 1.60 bits per heavy atom. The Bertz CT molecular complexity index is 1350. The molecule has 2 aromatic carbocycles. The van der Waals surface area contributed by atoms with Crippen LogP contribution in [0.15, 0.2) is 36.4 Å². The summed E-state index contributed by atoms with van der Waals surface area (Å²) in [6, 6.07) is 8.84. The number of hydrogen-bond acceptors (Lipinski definition) is 11. The molecule has 3 amide bonds. The van der Waals surface area contributed by atoms with Gasteiger partial charge in [0.2, 0.25) is 0 Å². The SMILES string of the molecule is CC.CC.O=C1c2cccc(OCc3cc(CN4CCOCC4)ccc3F)c2CN1C1(O)C(=O)NC(=O)C(O)(O)C1(O)O. The molecule has 1 atom stereocenters. The molecule has 2 saturated heterocycles. The lowest BCUT2D eigenvalue weighted by molar-refractivity contribution is -0.407. The molecule has 236 valence electrons. The number of carbonyl (C=O) groups is 3. The number of rotatable bonds is 6. The molecule has 2 fully saturated rings. The second-order valence-electron chi connectivity index (χ2n) is 9.58. The molecule has 0 spiro atoms. The summed E-state index contributed by atoms with van der Waals surface area (Å²) in [5, 5.41) is 53.0. The number of imide groups is 1. The minimum absolute atomic E-state index is 0.0676. The van der Waals surface area contributed by atoms with E-state index in [9.17, 15) is 44.3 Å². The van der Waals surface area contributed by atoms with E-state index >= 15 is 0 Å². The van der Waals surface area contributed by atoms with Gasteiger partial charge in [0, 0.05) is 36.3 Å². The fraction of sp³-hybridized carbons (Fsp3) is 0.483. The largest absolute Gasteiger partial charge is 0.488 e. The lowest BCUT2D eigenvalue weighted by Gasteiger charge is -2.50. The van der Waals surface area contributed by atoms with Crippen molar-refractivity contribution in [3.63, 3.8) is 0 Å². The summed E-state index contributed by atoms with van der Waals surface area (Å²) in [6.07, 6.45) is 0. The van der Waals surface area contributed by atoms with Crippen molar-refractivity contribution in [3.8, 4) is 5.75 Å². The maximum absolute atomic E-state index is 14.6. The number of aliphatic hydroxyl groups is 5. The summed E-state index contributed by atoms with van der Waals surface area (Å²) < 4.78 is 25.7. The molecule has 5 rings (SSSR count). The predicted molar refractivity (Wildman–Crippen MR) is 148 cm³/mol. The van der Waals surface area contributed by atoms with Gasteiger partial charge in [0.15, 0.2) is 0 Å². The van der Waals surface area contributed by atoms with Gasteiger partial charge in [-0.15, -0.1) is 0 Å². The topological polar surface area (TPSA) is 189 Å². The van der Waals surface area contributed by atoms with Crippen molar-refractivity contribution in [1.29, 1.82) is 0 Å². The van der Waals surface area contributed by atoms with Gasteiger partial charge >= 0.3 is 5.79 Å². The van der Waals surface area contributed by atoms with Gasteiger partial charge in [0.05, 0.1) is 19.8 Å². The molecule has 3 aliphatic rings. The number of ether oxygens (including phenoxy) is 2. The van der Waals surface area contributed by atoms with Gasteiger partial charge in [-0.05, 0) is 29.8 Å². The molecule has 3 aliphatic heterocycles. The van der Waals surface area contributed by atoms with E-state index in [1.54, 1.807) is 12.1 Å². The second-order valence-corrected chi connectivity index (χ2v) is 9.58. The van der Waals surface area contributed by atoms with E-state index in [2.05, 4.69) is 4.90 Å². The minimum atomic E-state index is -4.21. The smallest absolute Gasteiger partial charge is 0.306 e. The Labute approximate surface area is 248 Å². The average Bonchev–Trinajstić information content (AvgIpc) is 3.35. The van der Waals surface area contributed by atoms with Crippen LogP contribution < -0.4 is 10.1 Å². The van der Waals surface area contributed by atoms with E-state index < -0.39 is 47.4 Å². The van der Waals surface area contributed by atoms with Crippen LogP contribution in [0.4, 0.5) is 4.39 Å². The maximum Gasteiger partial charge on any atom is 0.306 e. The number of piperidine rings is 1. The number of nitrogens with one attached hydrogen (secondary N) is 1. The van der Waals surface area contributed by atoms with Gasteiger partial charge < -0.3 is 35.0 Å². The fourth-order valence-electron chi connectivity index (χ4n) is 4.86. The molecule has 14 heteroatoms. The Kier molecular flexibility index (Phi) is 10.6. The van der Waals surface area contributed by atoms with Crippen molar-refractivity contribution in [3.05, 3.63) is 64.5 Å². The first-order valence-electron chi connectivity index (χ1n) is 14.0. The van der Waals surface area contributed by atoms with Gasteiger partial charge in [-0.3, -0.25) is 29.5 Å². The van der Waals surface area contributed by atoms with Crippen molar-refractivity contribution >= 4 is 17.7 Å². The summed E-state index contributed by atoms with van der Waals surface area (Å²) >= 11 is 0. The first-order chi connectivity index (χ1) is 20.4. The summed E-state index contributed by atoms with van der Waals surface area (Å²) in [7, 11) is 0. The third kappa shape index (κ3) is 5.99. The summed E-state index contributed by atoms with van der Waals surface area (Å²) in [4.78, 5) is 39.8. The van der Waals surface area contributed by atoms with E-state index in [0.717, 1.165) is 18.7 Å². The van der Waals surface area contributed by atoms with E-state index in [0.29, 0.717) is 19.8 Å². The van der Waals surface area contributed by atoms with Crippen LogP contribution in [0.2, 0.25) is 0 Å². The molecule has 0 radical (unpaired) electrons. The number of nitrogens with zero attached hydrogens (tertiary/aromatic N) is 2. The molecular formula is C29H38FN3O10. The molecule has 0 aliphatic carbocycles. The first-order valence-corrected chi connectivity index (χ1v) is 14.0. The summed E-state index contributed by atoms with van der Waals surface area (Å²) in [5.41, 5.74) is -2.60. The Morgan fingerprint density at radius 1 is 0.953 bits per heavy atom. The highest BCUT2D eigenvalue weighted by atomic mass is 19.1. The highest BCUT2D eigenvalue weighted by Gasteiger charge is 2.76. The number of morpholine rings is 1. The zero-order valence-corrected chi connectivity index (χ0v) is 24.5. The number of halogens is 1. The zero-order valence-electron chi connectivity index (χ0n) is 24.5. The van der Waals surface area contributed by atoms with Crippen molar-refractivity contribution in [2.24, 2.45) is 0 Å². The van der Waals surface area contributed by atoms with Gasteiger partial charge in [0.1, 0.15) is 18.2 Å². The fourth-order valence-corrected chi connectivity index (χ4v) is 4.86. The van der Waals surface area contributed by atoms with Crippen LogP contribution >= 0.6 is 0 Å². The number of hydrogen-bond donors (Lipinski definition) is 6. The van der Waals surface area contributed by atoms with Crippen LogP contribution in [0.3, 0.4) is 0 Å². The molecule has 1 unspecified atom stereocenters. The van der Waals surface area contributed by atoms with Gasteiger partial charge in [-0.1, -0.05) is 39.8 Å². The monoisotopic (exact) mass is 607 g/mol. The van der Waals surface area contributed by atoms with Crippen LogP contribution in [-0.4, -0.2) is 96.7 Å². The first kappa shape index (κ1) is 34.0. The Balaban J connectivity index is 0.00000121. The lowest BCUT2D eigenvalue weighted by Crippen LogP contribution is -2.85. The van der Waals surface area contributed by atoms with Crippen LogP contribution in [0.1, 0.15) is 54.7 Å². The molecule has 0 aromatic heterocycles. The molecule has 2 aromatic rings. The van der Waals surface area contributed by atoms with E-state index in [1.807, 2.05) is 27.7 Å². The molecule has 6 N–H and O–H groups in total. The number of carbonyl (C=O) groups excluding carboxylic acids is 3. The lowest BCUT2D eigenvalue weighted by atomic mass is 9.86. The number of amides is 3. The standard InChI is InChI=1S/C25H26FN3O10.2C2H6/c26-18-5-4-14(11-28-6-8-38-9-7-28)10-15(18)13-39-19-3-1-2-16-17(19)12-29(20(16)30)23(33)21(31)27-22(32)24(34,35)25(23,36)37;2*1-2/h1-5,10,33-37H,6-9,11-13H2,(H,27,31,32);2*1-2H3. The minimum Gasteiger partial charge on any atom is -0.488 e. The normalized spacial score (nSPS) is 22.5. The highest BCUT2D eigenvalue weighted by molar-refractivity contribution is 6.10. The third-order valence-electron chi connectivity index (χ3n) is 7.15. The zero-order chi connectivity index (χ0) is 32.2. The second kappa shape index (κ2) is 13.4. The van der Waals surface area contributed by atoms with Gasteiger partial charge in [-0.25, -0.2) is 4.39 Å². The maximum atomic E-state index is 14.6. The third-order valence-corrected chi connectivity index (χ3v) is 7.15. The molecule has 3 heterocycles. The average molecular weight is 608 g/mol. The van der Waals surface area contributed by atoms with E-state index in [1.165, 1.54) is 29.6 Å². The molecule has 0 bridgehead atoms. The number of benzene rings is 2. The summed E-state index contributed by atoms with van der Waals surface area (Å²) in [6.45, 7) is 10.4. The van der Waals surface area contributed by atoms with E-state index in [4.69, 9.17) is 9.47 Å². The molecular weight excluding hydrogens is 569 g/mol. The number of fused-ring (bicyclic) bond motifs is 1. The van der Waals surface area contributed by atoms with Crippen molar-refractivity contribution < 1.29 is 53.8 Å². The Hall–Kier alpha value is -3.50. The van der Waals surface area contributed by atoms with Gasteiger partial charge in [0.25, 0.3) is 29.2 Å². The van der Waals surface area contributed by atoms with Crippen LogP contribution in [0, 0.1) is 5.82 Å². The van der Waals surface area contributed by atoms with Crippen LogP contribution in [-0.2, 0) is 34.0 Å². The predicted octanol–water partition coefficient (Wildman–Crippen LogP) is -0.0481. The van der Waals surface area contributed by atoms with Crippen LogP contribution in [0.25, 0.3) is 0 Å². The molecule has 0 saturated carbocycles. The Morgan fingerprint density at radius 3 is 2.26 bits per heavy atom. The quantitative estimate of drug-likeness (QED) is 0.191. The van der Waals surface area contributed by atoms with Gasteiger partial charge in [-0.2, -0.15) is 0 Å².